The number of carbonyl (C=O) groups is 5. The average Bonchev–Trinajstić information content (AvgIpc) is 0.888. The first kappa shape index (κ1) is 97.3. The van der Waals surface area contributed by atoms with Crippen molar-refractivity contribution in [3.63, 3.8) is 0 Å². The van der Waals surface area contributed by atoms with Crippen LogP contribution in [0.4, 0.5) is 23.5 Å². The van der Waals surface area contributed by atoms with E-state index >= 15 is 0 Å². The molecule has 0 saturated carbocycles. The zero-order valence-electron chi connectivity index (χ0n) is 61.4. The van der Waals surface area contributed by atoms with E-state index in [1.165, 1.54) is 0 Å². The van der Waals surface area contributed by atoms with Gasteiger partial charge in [0, 0.05) is 24.5 Å². The molecule has 0 aliphatic heterocycles. The van der Waals surface area contributed by atoms with E-state index in [4.69, 9.17) is 111 Å². The maximum atomic E-state index is 12.0. The smallest absolute Gasteiger partial charge is 0.343 e. The molecule has 0 amide bonds. The van der Waals surface area contributed by atoms with E-state index in [9.17, 15) is 24.0 Å². The van der Waals surface area contributed by atoms with Crippen LogP contribution >= 0.6 is 63.1 Å². The van der Waals surface area contributed by atoms with Gasteiger partial charge in [0.1, 0.15) is 57.5 Å². The highest BCUT2D eigenvalue weighted by molar-refractivity contribution is 7.81. The molecule has 0 fully saturated rings. The molecule has 0 unspecified atom stereocenters. The molecule has 0 aliphatic rings. The summed E-state index contributed by atoms with van der Waals surface area (Å²) in [6.07, 6.45) is 10.5. The Morgan fingerprint density at radius 1 is 0.200 bits per heavy atom. The third kappa shape index (κ3) is 37.9. The van der Waals surface area contributed by atoms with E-state index in [1.807, 2.05) is 0 Å². The van der Waals surface area contributed by atoms with Gasteiger partial charge in [-0.15, -0.1) is 0 Å². The fraction of sp³-hybridized carbons (Fsp3) is 0.235. The van der Waals surface area contributed by atoms with Gasteiger partial charge in [-0.1, -0.05) is 130 Å². The lowest BCUT2D eigenvalue weighted by Gasteiger charge is -2.07. The number of hydrogen-bond donors (Lipinski definition) is 0. The molecule has 0 N–H and O–H groups in total. The van der Waals surface area contributed by atoms with Crippen molar-refractivity contribution < 1.29 is 94.9 Å². The Labute approximate surface area is 667 Å². The molecule has 0 bridgehead atoms. The Morgan fingerprint density at radius 2 is 0.318 bits per heavy atom. The molecule has 0 heterocycles. The van der Waals surface area contributed by atoms with Crippen molar-refractivity contribution >= 4 is 93.0 Å². The van der Waals surface area contributed by atoms with Crippen LogP contribution in [0.5, 0.6) is 57.5 Å². The molecule has 0 spiro atoms. The number of carbonyl (C=O) groups excluding carboxylic acids is 5. The minimum Gasteiger partial charge on any atom is -0.494 e. The number of halogens is 5. The van der Waals surface area contributed by atoms with Crippen molar-refractivity contribution in [1.29, 1.82) is 0 Å². The second kappa shape index (κ2) is 55.7. The molecular formula is C85H90F5O15S5. The zero-order valence-corrected chi connectivity index (χ0v) is 65.5. The van der Waals surface area contributed by atoms with Gasteiger partial charge in [0.05, 0.1) is 60.9 Å². The lowest BCUT2D eigenvalue weighted by Crippen LogP contribution is -2.08. The Balaban J connectivity index is 0.000000680. The van der Waals surface area contributed by atoms with E-state index in [-0.39, 0.29) is 23.5 Å². The maximum Gasteiger partial charge on any atom is 0.343 e. The maximum absolute atomic E-state index is 12.0. The van der Waals surface area contributed by atoms with Gasteiger partial charge in [0.2, 0.25) is 0 Å². The highest BCUT2D eigenvalue weighted by Crippen LogP contribution is 2.25. The van der Waals surface area contributed by atoms with E-state index in [1.54, 1.807) is 243 Å². The van der Waals surface area contributed by atoms with Gasteiger partial charge in [-0.2, -0.15) is 0 Å². The quantitative estimate of drug-likeness (QED) is 0.0180. The minimum absolute atomic E-state index is 0. The summed E-state index contributed by atoms with van der Waals surface area (Å²) >= 11 is 24.9. The molecule has 10 rings (SSSR count). The summed E-state index contributed by atoms with van der Waals surface area (Å²) in [5.74, 6) is 4.23. The number of esters is 5. The van der Waals surface area contributed by atoms with Crippen LogP contribution in [0.25, 0.3) is 0 Å². The molecule has 0 aliphatic carbocycles. The molecule has 0 atom stereocenters. The van der Waals surface area contributed by atoms with Crippen molar-refractivity contribution in [3.05, 3.63) is 270 Å². The van der Waals surface area contributed by atoms with Crippen LogP contribution in [-0.4, -0.2) is 62.9 Å². The lowest BCUT2D eigenvalue weighted by molar-refractivity contribution is 0.0725. The van der Waals surface area contributed by atoms with Gasteiger partial charge < -0.3 is 47.4 Å². The van der Waals surface area contributed by atoms with Gasteiger partial charge in [0.25, 0.3) is 0 Å². The van der Waals surface area contributed by atoms with E-state index in [2.05, 4.69) is 34.6 Å². The van der Waals surface area contributed by atoms with Crippen molar-refractivity contribution in [3.8, 4) is 57.5 Å². The SMILES string of the molecule is CCCCOc1ccc(C(=O)Oc2ccc([S])cc2)cc1.CCCCOc1ccc(C(=O)Oc2ccc([S])cc2)cc1.CCCCOc1ccc(C(=O)Oc2ccc([S])cc2)cc1.CCCCOc1ccc(C(=O)Oc2ccc([S])cc2)cc1.CCCCOc1ccc(C(=O)Oc2ccc([S])cc2)cc1.F.F.F.F.F. The first-order valence-corrected chi connectivity index (χ1v) is 36.6. The summed E-state index contributed by atoms with van der Waals surface area (Å²) in [4.78, 5) is 63.5. The summed E-state index contributed by atoms with van der Waals surface area (Å²) in [6.45, 7) is 14.0. The molecule has 0 saturated heterocycles. The van der Waals surface area contributed by atoms with E-state index in [0.29, 0.717) is 114 Å². The predicted molar refractivity (Wildman–Crippen MR) is 433 cm³/mol. The monoisotopic (exact) mass is 1610 g/mol. The largest absolute Gasteiger partial charge is 0.494 e. The Kier molecular flexibility index (Phi) is 49.2. The van der Waals surface area contributed by atoms with E-state index in [0.717, 1.165) is 93.0 Å². The summed E-state index contributed by atoms with van der Waals surface area (Å²) < 4.78 is 54.1. The molecule has 110 heavy (non-hydrogen) atoms. The molecule has 10 aromatic rings. The molecular weight excluding hydrogens is 1520 g/mol. The molecule has 0 aromatic heterocycles. The zero-order chi connectivity index (χ0) is 75.4. The molecule has 15 nitrogen and oxygen atoms in total. The third-order valence-corrected chi connectivity index (χ3v) is 15.8. The predicted octanol–water partition coefficient (Wildman–Crippen LogP) is 24.0. The van der Waals surface area contributed by atoms with Crippen molar-refractivity contribution in [2.45, 2.75) is 123 Å². The summed E-state index contributed by atoms with van der Waals surface area (Å²) in [6, 6.07) is 68.8. The van der Waals surface area contributed by atoms with Crippen molar-refractivity contribution in [2.75, 3.05) is 33.0 Å². The highest BCUT2D eigenvalue weighted by Gasteiger charge is 2.14. The Hall–Kier alpha value is -10.7. The van der Waals surface area contributed by atoms with Crippen LogP contribution in [0.1, 0.15) is 151 Å². The number of rotatable bonds is 30. The number of ether oxygens (including phenoxy) is 10. The van der Waals surface area contributed by atoms with Gasteiger partial charge in [-0.25, -0.2) is 24.0 Å². The fourth-order valence-electron chi connectivity index (χ4n) is 8.48. The van der Waals surface area contributed by atoms with Crippen LogP contribution in [-0.2, 0) is 0 Å². The standard InChI is InChI=1S/5C17H17O3S.5FH/c5*1-2-3-12-19-14-6-4-13(5-7-14)17(18)20-15-8-10-16(21)11-9-15;;;;;/h5*4-11H,2-3,12H2,1H3;5*1H. The molecule has 25 heteroatoms. The van der Waals surface area contributed by atoms with Crippen molar-refractivity contribution in [1.82, 2.24) is 0 Å². The van der Waals surface area contributed by atoms with Crippen LogP contribution in [0.2, 0.25) is 0 Å². The first-order valence-electron chi connectivity index (χ1n) is 34.5. The van der Waals surface area contributed by atoms with Gasteiger partial charge >= 0.3 is 29.8 Å². The Morgan fingerprint density at radius 3 is 0.436 bits per heavy atom. The van der Waals surface area contributed by atoms with Crippen molar-refractivity contribution in [2.24, 2.45) is 0 Å². The van der Waals surface area contributed by atoms with Crippen LogP contribution in [0, 0.1) is 0 Å². The van der Waals surface area contributed by atoms with E-state index < -0.39 is 29.8 Å². The fourth-order valence-corrected chi connectivity index (χ4v) is 9.16. The Bertz CT molecular complexity index is 3540. The number of benzene rings is 10. The van der Waals surface area contributed by atoms with Gasteiger partial charge in [0.15, 0.2) is 0 Å². The molecule has 585 valence electrons. The molecule has 5 radical (unpaired) electrons. The summed E-state index contributed by atoms with van der Waals surface area (Å²) in [7, 11) is 0. The van der Waals surface area contributed by atoms with Gasteiger partial charge in [-0.05, 0) is 275 Å². The molecule has 10 aromatic carbocycles. The summed E-state index contributed by atoms with van der Waals surface area (Å²) in [5.41, 5.74) is 2.43. The lowest BCUT2D eigenvalue weighted by atomic mass is 10.2. The summed E-state index contributed by atoms with van der Waals surface area (Å²) in [5, 5.41) is 0. The first-order chi connectivity index (χ1) is 50.9. The normalized spacial score (nSPS) is 9.68. The number of hydrogen-bond acceptors (Lipinski definition) is 15. The highest BCUT2D eigenvalue weighted by atomic mass is 32.1. The second-order valence-corrected chi connectivity index (χ2v) is 25.3. The second-order valence-electron chi connectivity index (χ2n) is 22.9. The van der Waals surface area contributed by atoms with Crippen LogP contribution < -0.4 is 47.4 Å². The number of unbranched alkanes of at least 4 members (excludes halogenated alkanes) is 5. The van der Waals surface area contributed by atoms with Crippen LogP contribution in [0.3, 0.4) is 0 Å². The van der Waals surface area contributed by atoms with Crippen LogP contribution in [0.15, 0.2) is 267 Å². The third-order valence-electron chi connectivity index (χ3n) is 14.5. The average molecular weight is 1610 g/mol. The minimum atomic E-state index is -0.396. The topological polar surface area (TPSA) is 178 Å². The van der Waals surface area contributed by atoms with Gasteiger partial charge in [-0.3, -0.25) is 23.5 Å².